The van der Waals surface area contributed by atoms with Gasteiger partial charge in [-0.15, -0.1) is 0 Å². The first-order valence-electron chi connectivity index (χ1n) is 7.32. The highest BCUT2D eigenvalue weighted by Gasteiger charge is 2.21. The normalized spacial score (nSPS) is 14.4. The van der Waals surface area contributed by atoms with E-state index >= 15 is 0 Å². The lowest BCUT2D eigenvalue weighted by atomic mass is 10.2. The summed E-state index contributed by atoms with van der Waals surface area (Å²) in [6, 6.07) is 10.2. The second-order valence-electron chi connectivity index (χ2n) is 5.38. The molecule has 0 saturated heterocycles. The molecule has 0 spiro atoms. The van der Waals surface area contributed by atoms with Gasteiger partial charge < -0.3 is 10.2 Å². The number of benzene rings is 1. The van der Waals surface area contributed by atoms with E-state index in [0.717, 1.165) is 32.0 Å². The number of nitrogens with one attached hydrogen (secondary N) is 1. The number of carbonyl (C=O) groups is 1. The zero-order valence-corrected chi connectivity index (χ0v) is 11.8. The fourth-order valence-electron chi connectivity index (χ4n) is 2.18. The predicted molar refractivity (Wildman–Crippen MR) is 77.7 cm³/mol. The average molecular weight is 260 g/mol. The molecule has 0 radical (unpaired) electrons. The smallest absolute Gasteiger partial charge is 0.236 e. The van der Waals surface area contributed by atoms with E-state index in [1.54, 1.807) is 0 Å². The first-order valence-corrected chi connectivity index (χ1v) is 7.32. The quantitative estimate of drug-likeness (QED) is 0.778. The monoisotopic (exact) mass is 260 g/mol. The molecule has 0 bridgehead atoms. The molecule has 1 aromatic rings. The molecule has 0 heterocycles. The van der Waals surface area contributed by atoms with E-state index in [-0.39, 0.29) is 5.91 Å². The highest BCUT2D eigenvalue weighted by molar-refractivity contribution is 5.78. The van der Waals surface area contributed by atoms with Crippen molar-refractivity contribution >= 4 is 5.91 Å². The molecule has 1 aliphatic rings. The number of carbonyl (C=O) groups excluding carboxylic acids is 1. The minimum absolute atomic E-state index is 0.214. The van der Waals surface area contributed by atoms with E-state index < -0.39 is 0 Å². The van der Waals surface area contributed by atoms with Gasteiger partial charge in [-0.2, -0.15) is 0 Å². The van der Waals surface area contributed by atoms with Gasteiger partial charge >= 0.3 is 0 Å². The van der Waals surface area contributed by atoms with Crippen molar-refractivity contribution in [3.05, 3.63) is 35.9 Å². The fourth-order valence-corrected chi connectivity index (χ4v) is 2.18. The van der Waals surface area contributed by atoms with Crippen LogP contribution in [0.1, 0.15) is 31.7 Å². The Morgan fingerprint density at radius 3 is 2.68 bits per heavy atom. The minimum atomic E-state index is 0.214. The van der Waals surface area contributed by atoms with Gasteiger partial charge in [-0.25, -0.2) is 0 Å². The molecule has 0 atom stereocenters. The molecule has 104 valence electrons. The summed E-state index contributed by atoms with van der Waals surface area (Å²) < 4.78 is 0. The summed E-state index contributed by atoms with van der Waals surface area (Å²) in [5.74, 6) is 1.04. The van der Waals surface area contributed by atoms with E-state index in [9.17, 15) is 4.79 Å². The number of amides is 1. The third kappa shape index (κ3) is 5.03. The topological polar surface area (TPSA) is 32.3 Å². The van der Waals surface area contributed by atoms with Gasteiger partial charge in [0, 0.05) is 13.1 Å². The zero-order chi connectivity index (χ0) is 13.5. The molecular formula is C16H24N2O. The van der Waals surface area contributed by atoms with E-state index in [1.807, 2.05) is 23.1 Å². The van der Waals surface area contributed by atoms with Crippen molar-refractivity contribution in [1.29, 1.82) is 0 Å². The van der Waals surface area contributed by atoms with Crippen LogP contribution in [0, 0.1) is 5.92 Å². The summed E-state index contributed by atoms with van der Waals surface area (Å²) in [5.41, 5.74) is 1.20. The first kappa shape index (κ1) is 14.1. The van der Waals surface area contributed by atoms with Gasteiger partial charge in [-0.1, -0.05) is 37.3 Å². The highest BCUT2D eigenvalue weighted by atomic mass is 16.2. The summed E-state index contributed by atoms with van der Waals surface area (Å²) in [4.78, 5) is 14.2. The Kier molecular flexibility index (Phi) is 5.40. The lowest BCUT2D eigenvalue weighted by Crippen LogP contribution is -2.38. The summed E-state index contributed by atoms with van der Waals surface area (Å²) in [6.45, 7) is 5.14. The Bertz CT molecular complexity index is 387. The van der Waals surface area contributed by atoms with Crippen LogP contribution in [0.4, 0.5) is 0 Å². The molecule has 0 unspecified atom stereocenters. The molecule has 3 nitrogen and oxygen atoms in total. The van der Waals surface area contributed by atoms with Crippen LogP contribution in [0.25, 0.3) is 0 Å². The lowest BCUT2D eigenvalue weighted by Gasteiger charge is -2.22. The standard InChI is InChI=1S/C16H24N2O/c1-2-10-18(13-15-6-4-3-5-7-15)16(19)12-17-11-14-8-9-14/h3-7,14,17H,2,8-13H2,1H3. The maximum atomic E-state index is 12.2. The highest BCUT2D eigenvalue weighted by Crippen LogP contribution is 2.27. The summed E-state index contributed by atoms with van der Waals surface area (Å²) in [7, 11) is 0. The lowest BCUT2D eigenvalue weighted by molar-refractivity contribution is -0.130. The van der Waals surface area contributed by atoms with Crippen LogP contribution in [0.5, 0.6) is 0 Å². The minimum Gasteiger partial charge on any atom is -0.337 e. The number of hydrogen-bond acceptors (Lipinski definition) is 2. The van der Waals surface area contributed by atoms with E-state index in [4.69, 9.17) is 0 Å². The summed E-state index contributed by atoms with van der Waals surface area (Å²) in [5, 5.41) is 3.28. The molecule has 3 heteroatoms. The van der Waals surface area contributed by atoms with Crippen molar-refractivity contribution in [2.24, 2.45) is 5.92 Å². The molecule has 0 aromatic heterocycles. The van der Waals surface area contributed by atoms with Crippen molar-refractivity contribution < 1.29 is 4.79 Å². The molecule has 1 aliphatic carbocycles. The van der Waals surface area contributed by atoms with Gasteiger partial charge in [0.1, 0.15) is 0 Å². The van der Waals surface area contributed by atoms with Gasteiger partial charge in [0.2, 0.25) is 5.91 Å². The molecule has 2 rings (SSSR count). The van der Waals surface area contributed by atoms with Gasteiger partial charge in [0.15, 0.2) is 0 Å². The maximum Gasteiger partial charge on any atom is 0.236 e. The maximum absolute atomic E-state index is 12.2. The van der Waals surface area contributed by atoms with Crippen LogP contribution in [0.2, 0.25) is 0 Å². The molecular weight excluding hydrogens is 236 g/mol. The molecule has 1 amide bonds. The third-order valence-corrected chi connectivity index (χ3v) is 3.47. The number of nitrogens with zero attached hydrogens (tertiary/aromatic N) is 1. The van der Waals surface area contributed by atoms with Gasteiger partial charge in [-0.05, 0) is 37.3 Å². The molecule has 1 fully saturated rings. The first-order chi connectivity index (χ1) is 9.29. The van der Waals surface area contributed by atoms with Crippen molar-refractivity contribution in [2.75, 3.05) is 19.6 Å². The summed E-state index contributed by atoms with van der Waals surface area (Å²) >= 11 is 0. The zero-order valence-electron chi connectivity index (χ0n) is 11.8. The fraction of sp³-hybridized carbons (Fsp3) is 0.562. The second-order valence-corrected chi connectivity index (χ2v) is 5.38. The number of hydrogen-bond donors (Lipinski definition) is 1. The van der Waals surface area contributed by atoms with E-state index in [1.165, 1.54) is 18.4 Å². The summed E-state index contributed by atoms with van der Waals surface area (Å²) in [6.07, 6.45) is 3.65. The van der Waals surface area contributed by atoms with Crippen LogP contribution in [0.3, 0.4) is 0 Å². The van der Waals surface area contributed by atoms with Crippen LogP contribution in [-0.2, 0) is 11.3 Å². The average Bonchev–Trinajstić information content (AvgIpc) is 3.23. The molecule has 1 N–H and O–H groups in total. The molecule has 1 aromatic carbocycles. The molecule has 0 aliphatic heterocycles. The Morgan fingerprint density at radius 2 is 2.05 bits per heavy atom. The van der Waals surface area contributed by atoms with Crippen molar-refractivity contribution in [1.82, 2.24) is 10.2 Å². The van der Waals surface area contributed by atoms with Crippen LogP contribution < -0.4 is 5.32 Å². The third-order valence-electron chi connectivity index (χ3n) is 3.47. The Labute approximate surface area is 116 Å². The van der Waals surface area contributed by atoms with Crippen LogP contribution >= 0.6 is 0 Å². The van der Waals surface area contributed by atoms with Gasteiger partial charge in [0.25, 0.3) is 0 Å². The largest absolute Gasteiger partial charge is 0.337 e. The van der Waals surface area contributed by atoms with Crippen LogP contribution in [-0.4, -0.2) is 30.4 Å². The van der Waals surface area contributed by atoms with E-state index in [2.05, 4.69) is 24.4 Å². The predicted octanol–water partition coefficient (Wildman–Crippen LogP) is 2.42. The van der Waals surface area contributed by atoms with Crippen LogP contribution in [0.15, 0.2) is 30.3 Å². The SMILES string of the molecule is CCCN(Cc1ccccc1)C(=O)CNCC1CC1. The Morgan fingerprint density at radius 1 is 1.32 bits per heavy atom. The van der Waals surface area contributed by atoms with Crippen molar-refractivity contribution in [3.8, 4) is 0 Å². The van der Waals surface area contributed by atoms with Crippen molar-refractivity contribution in [2.45, 2.75) is 32.7 Å². The molecule has 1 saturated carbocycles. The Balaban J connectivity index is 1.81. The molecule has 19 heavy (non-hydrogen) atoms. The Hall–Kier alpha value is -1.35. The van der Waals surface area contributed by atoms with Crippen molar-refractivity contribution in [3.63, 3.8) is 0 Å². The number of rotatable bonds is 8. The van der Waals surface area contributed by atoms with Gasteiger partial charge in [-0.3, -0.25) is 4.79 Å². The van der Waals surface area contributed by atoms with E-state index in [0.29, 0.717) is 6.54 Å². The second kappa shape index (κ2) is 7.29. The van der Waals surface area contributed by atoms with Gasteiger partial charge in [0.05, 0.1) is 6.54 Å².